The lowest BCUT2D eigenvalue weighted by molar-refractivity contribution is 0.319. The Balaban J connectivity index is 0.00000280. The zero-order valence-electron chi connectivity index (χ0n) is 18.1. The topological polar surface area (TPSA) is 31.4 Å². The number of aromatic amines is 1. The van der Waals surface area contributed by atoms with Crippen molar-refractivity contribution in [2.75, 3.05) is 13.1 Å². The molecular formula is C24H34ClN3. The lowest BCUT2D eigenvalue weighted by atomic mass is 10.0. The van der Waals surface area contributed by atoms with Crippen LogP contribution in [-0.4, -0.2) is 28.7 Å². The maximum atomic E-state index is 4.97. The molecule has 0 saturated carbocycles. The molecule has 1 aromatic carbocycles. The third-order valence-electron chi connectivity index (χ3n) is 5.38. The van der Waals surface area contributed by atoms with Crippen LogP contribution in [0.25, 0.3) is 22.7 Å². The number of piperidine rings is 1. The van der Waals surface area contributed by atoms with Crippen LogP contribution in [0.2, 0.25) is 0 Å². The monoisotopic (exact) mass is 399 g/mol. The molecule has 1 N–H and O–H groups in total. The smallest absolute Gasteiger partial charge is 0.152 e. The number of H-pyrrole nitrogens is 1. The van der Waals surface area contributed by atoms with Gasteiger partial charge in [0.05, 0.1) is 5.35 Å². The Morgan fingerprint density at radius 3 is 2.18 bits per heavy atom. The van der Waals surface area contributed by atoms with Crippen LogP contribution in [0.15, 0.2) is 29.3 Å². The van der Waals surface area contributed by atoms with Crippen LogP contribution >= 0.6 is 12.4 Å². The summed E-state index contributed by atoms with van der Waals surface area (Å²) in [7, 11) is 0. The van der Waals surface area contributed by atoms with Gasteiger partial charge in [-0.3, -0.25) is 0 Å². The van der Waals surface area contributed by atoms with E-state index in [2.05, 4.69) is 75.7 Å². The van der Waals surface area contributed by atoms with Gasteiger partial charge < -0.3 is 9.88 Å². The summed E-state index contributed by atoms with van der Waals surface area (Å²) >= 11 is 0. The molecular weight excluding hydrogens is 366 g/mol. The van der Waals surface area contributed by atoms with E-state index in [0.29, 0.717) is 0 Å². The van der Waals surface area contributed by atoms with E-state index in [4.69, 9.17) is 4.99 Å². The van der Waals surface area contributed by atoms with E-state index in [1.807, 2.05) is 0 Å². The molecule has 1 aliphatic rings. The van der Waals surface area contributed by atoms with Crippen molar-refractivity contribution in [2.45, 2.75) is 60.8 Å². The van der Waals surface area contributed by atoms with Crippen molar-refractivity contribution in [2.24, 2.45) is 4.99 Å². The molecule has 2 heterocycles. The Hall–Kier alpha value is -2.00. The highest BCUT2D eigenvalue weighted by atomic mass is 35.5. The van der Waals surface area contributed by atoms with Crippen LogP contribution < -0.4 is 10.6 Å². The van der Waals surface area contributed by atoms with Gasteiger partial charge in [0.2, 0.25) is 0 Å². The van der Waals surface area contributed by atoms with Crippen LogP contribution in [0.4, 0.5) is 0 Å². The summed E-state index contributed by atoms with van der Waals surface area (Å²) in [5, 5.41) is 2.43. The van der Waals surface area contributed by atoms with E-state index >= 15 is 0 Å². The molecule has 0 aliphatic carbocycles. The zero-order valence-corrected chi connectivity index (χ0v) is 19.0. The number of nitrogens with zero attached hydrogens (tertiary/aromatic N) is 2. The minimum Gasteiger partial charge on any atom is -0.355 e. The van der Waals surface area contributed by atoms with Crippen molar-refractivity contribution in [3.63, 3.8) is 0 Å². The Morgan fingerprint density at radius 2 is 1.61 bits per heavy atom. The molecule has 3 nitrogen and oxygen atoms in total. The number of rotatable bonds is 3. The molecule has 152 valence electrons. The lowest BCUT2D eigenvalue weighted by Crippen LogP contribution is -2.37. The molecule has 1 aliphatic heterocycles. The Kier molecular flexibility index (Phi) is 7.54. The van der Waals surface area contributed by atoms with Gasteiger partial charge in [0, 0.05) is 29.7 Å². The van der Waals surface area contributed by atoms with Gasteiger partial charge in [0.25, 0.3) is 0 Å². The quantitative estimate of drug-likeness (QED) is 0.728. The molecule has 28 heavy (non-hydrogen) atoms. The fourth-order valence-corrected chi connectivity index (χ4v) is 3.69. The predicted molar refractivity (Wildman–Crippen MR) is 125 cm³/mol. The largest absolute Gasteiger partial charge is 0.355 e. The van der Waals surface area contributed by atoms with Gasteiger partial charge in [-0.15, -0.1) is 12.4 Å². The predicted octanol–water partition coefficient (Wildman–Crippen LogP) is 4.94. The number of aryl methyl sites for hydroxylation is 2. The molecule has 0 amide bonds. The highest BCUT2D eigenvalue weighted by Crippen LogP contribution is 2.20. The zero-order chi connectivity index (χ0) is 19.6. The summed E-state index contributed by atoms with van der Waals surface area (Å²) in [6.45, 7) is 15.1. The molecule has 1 fully saturated rings. The van der Waals surface area contributed by atoms with E-state index in [1.165, 1.54) is 52.4 Å². The number of aromatic nitrogens is 1. The molecule has 4 heteroatoms. The van der Waals surface area contributed by atoms with Crippen molar-refractivity contribution in [3.8, 4) is 11.3 Å². The maximum absolute atomic E-state index is 4.97. The van der Waals surface area contributed by atoms with E-state index < -0.39 is 0 Å². The van der Waals surface area contributed by atoms with E-state index in [-0.39, 0.29) is 12.4 Å². The molecule has 1 aromatic heterocycles. The molecule has 1 saturated heterocycles. The fourth-order valence-electron chi connectivity index (χ4n) is 3.69. The Labute approximate surface area is 175 Å². The molecule has 0 bridgehead atoms. The molecule has 2 aromatic rings. The first kappa shape index (κ1) is 22.3. The van der Waals surface area contributed by atoms with Gasteiger partial charge in [-0.25, -0.2) is 4.99 Å². The van der Waals surface area contributed by atoms with E-state index in [0.717, 1.165) is 30.0 Å². The summed E-state index contributed by atoms with van der Waals surface area (Å²) in [4.78, 5) is 11.1. The highest BCUT2D eigenvalue weighted by molar-refractivity contribution is 5.85. The number of aliphatic imine (C=N–C) groups is 1. The molecule has 3 rings (SSSR count). The third kappa shape index (κ3) is 4.88. The second-order valence-electron chi connectivity index (χ2n) is 8.20. The van der Waals surface area contributed by atoms with Crippen LogP contribution in [0.3, 0.4) is 0 Å². The Bertz CT molecular complexity index is 968. The number of benzene rings is 1. The normalized spacial score (nSPS) is 15.0. The summed E-state index contributed by atoms with van der Waals surface area (Å²) in [5.41, 5.74) is 7.47. The third-order valence-corrected chi connectivity index (χ3v) is 5.38. The van der Waals surface area contributed by atoms with Crippen LogP contribution in [0, 0.1) is 13.8 Å². The van der Waals surface area contributed by atoms with Gasteiger partial charge in [-0.1, -0.05) is 17.7 Å². The summed E-state index contributed by atoms with van der Waals surface area (Å²) < 4.78 is 0. The average molecular weight is 400 g/mol. The number of halogens is 1. The number of hydrogen-bond donors (Lipinski definition) is 1. The molecule has 0 radical (unpaired) electrons. The van der Waals surface area contributed by atoms with Crippen LogP contribution in [-0.2, 0) is 0 Å². The second-order valence-corrected chi connectivity index (χ2v) is 8.20. The first-order chi connectivity index (χ1) is 12.9. The Morgan fingerprint density at radius 1 is 0.929 bits per heavy atom. The van der Waals surface area contributed by atoms with Crippen molar-refractivity contribution >= 4 is 29.5 Å². The van der Waals surface area contributed by atoms with Gasteiger partial charge in [0.1, 0.15) is 0 Å². The molecule has 0 atom stereocenters. The maximum Gasteiger partial charge on any atom is 0.152 e. The van der Waals surface area contributed by atoms with Crippen molar-refractivity contribution in [1.82, 2.24) is 9.88 Å². The van der Waals surface area contributed by atoms with Crippen molar-refractivity contribution < 1.29 is 0 Å². The molecule has 0 spiro atoms. The van der Waals surface area contributed by atoms with Crippen LogP contribution in [0.5, 0.6) is 0 Å². The van der Waals surface area contributed by atoms with Crippen molar-refractivity contribution in [3.05, 3.63) is 46.0 Å². The van der Waals surface area contributed by atoms with Crippen molar-refractivity contribution in [1.29, 1.82) is 0 Å². The first-order valence-corrected chi connectivity index (χ1v) is 10.1. The second kappa shape index (κ2) is 9.47. The summed E-state index contributed by atoms with van der Waals surface area (Å²) in [6.07, 6.45) is 3.82. The lowest BCUT2D eigenvalue weighted by Gasteiger charge is -2.28. The van der Waals surface area contributed by atoms with Gasteiger partial charge in [0.15, 0.2) is 5.82 Å². The number of nitrogens with one attached hydrogen (secondary N) is 1. The summed E-state index contributed by atoms with van der Waals surface area (Å²) in [5.74, 6) is 1.10. The van der Waals surface area contributed by atoms with Gasteiger partial charge in [-0.05, 0) is 89.6 Å². The van der Waals surface area contributed by atoms with Gasteiger partial charge in [-0.2, -0.15) is 0 Å². The van der Waals surface area contributed by atoms with Crippen LogP contribution in [0.1, 0.15) is 58.1 Å². The number of likely N-dealkylation sites (tertiary alicyclic amines) is 1. The fraction of sp³-hybridized carbons (Fsp3) is 0.458. The minimum absolute atomic E-state index is 0. The SMILES string of the molecule is CC(C)=N/C(=c1/[nH]c(-c2ccc(C)c(C)c2)cc1=C(C)C)N1CCCCC1.Cl. The minimum atomic E-state index is 0. The number of hydrogen-bond acceptors (Lipinski definition) is 2. The van der Waals surface area contributed by atoms with E-state index in [9.17, 15) is 0 Å². The molecule has 0 unspecified atom stereocenters. The average Bonchev–Trinajstić information content (AvgIpc) is 3.08. The first-order valence-electron chi connectivity index (χ1n) is 10.1. The van der Waals surface area contributed by atoms with E-state index in [1.54, 1.807) is 0 Å². The highest BCUT2D eigenvalue weighted by Gasteiger charge is 2.16. The standard InChI is InChI=1S/C24H33N3.ClH/c1-16(2)21-15-22(20-11-10-18(5)19(6)14-20)26-23(21)24(25-17(3)4)27-12-8-7-9-13-27;/h10-11,14-15,26H,7-9,12-13H2,1-6H3;1H/b24-23-;. The van der Waals surface area contributed by atoms with Gasteiger partial charge >= 0.3 is 0 Å². The summed E-state index contributed by atoms with van der Waals surface area (Å²) in [6, 6.07) is 8.98.